The van der Waals surface area contributed by atoms with Gasteiger partial charge in [0, 0.05) is 32.2 Å². The smallest absolute Gasteiger partial charge is 0.221 e. The molecule has 1 fully saturated rings. The van der Waals surface area contributed by atoms with Gasteiger partial charge in [-0.1, -0.05) is 24.3 Å². The summed E-state index contributed by atoms with van der Waals surface area (Å²) in [5.74, 6) is 0.0456. The van der Waals surface area contributed by atoms with Gasteiger partial charge in [-0.15, -0.1) is 0 Å². The van der Waals surface area contributed by atoms with E-state index in [4.69, 9.17) is 9.47 Å². The molecule has 0 saturated carbocycles. The molecule has 1 aromatic carbocycles. The van der Waals surface area contributed by atoms with E-state index in [0.29, 0.717) is 32.8 Å². The lowest BCUT2D eigenvalue weighted by Crippen LogP contribution is -2.44. The van der Waals surface area contributed by atoms with Gasteiger partial charge in [0.25, 0.3) is 0 Å². The van der Waals surface area contributed by atoms with Crippen LogP contribution in [0.4, 0.5) is 0 Å². The molecule has 1 aliphatic rings. The van der Waals surface area contributed by atoms with Gasteiger partial charge in [0.15, 0.2) is 0 Å². The summed E-state index contributed by atoms with van der Waals surface area (Å²) in [6, 6.07) is 8.15. The molecule has 2 rings (SSSR count). The largest absolute Gasteiger partial charge is 0.378 e. The minimum atomic E-state index is 0.0456. The number of hydrogen-bond donors (Lipinski definition) is 2. The zero-order valence-electron chi connectivity index (χ0n) is 12.6. The highest BCUT2D eigenvalue weighted by molar-refractivity contribution is 5.76. The van der Waals surface area contributed by atoms with Crippen LogP contribution in [0, 0.1) is 0 Å². The highest BCUT2D eigenvalue weighted by atomic mass is 16.5. The number of nitrogens with one attached hydrogen (secondary N) is 2. The van der Waals surface area contributed by atoms with Gasteiger partial charge in [0.2, 0.25) is 5.91 Å². The molecule has 1 saturated heterocycles. The molecule has 0 bridgehead atoms. The molecule has 0 aromatic heterocycles. The van der Waals surface area contributed by atoms with Crippen LogP contribution in [0.1, 0.15) is 24.5 Å². The Kier molecular flexibility index (Phi) is 6.66. The first-order valence-corrected chi connectivity index (χ1v) is 7.52. The maximum Gasteiger partial charge on any atom is 0.221 e. The predicted octanol–water partition coefficient (Wildman–Crippen LogP) is 1.22. The Morgan fingerprint density at radius 1 is 1.43 bits per heavy atom. The number of rotatable bonds is 7. The van der Waals surface area contributed by atoms with Gasteiger partial charge in [0.1, 0.15) is 0 Å². The Hall–Kier alpha value is -1.43. The van der Waals surface area contributed by atoms with Crippen LogP contribution in [0.25, 0.3) is 0 Å². The van der Waals surface area contributed by atoms with E-state index in [1.165, 1.54) is 0 Å². The second-order valence-electron chi connectivity index (χ2n) is 5.11. The first kappa shape index (κ1) is 15.9. The quantitative estimate of drug-likeness (QED) is 0.793. The summed E-state index contributed by atoms with van der Waals surface area (Å²) in [6.45, 7) is 5.93. The van der Waals surface area contributed by atoms with Crippen LogP contribution < -0.4 is 10.6 Å². The Balaban J connectivity index is 1.80. The molecule has 1 amide bonds. The minimum absolute atomic E-state index is 0.0456. The molecule has 0 radical (unpaired) electrons. The van der Waals surface area contributed by atoms with E-state index in [1.807, 2.05) is 31.2 Å². The molecule has 5 heteroatoms. The van der Waals surface area contributed by atoms with Crippen molar-refractivity contribution in [2.75, 3.05) is 26.4 Å². The van der Waals surface area contributed by atoms with Gasteiger partial charge in [0.05, 0.1) is 19.8 Å². The topological polar surface area (TPSA) is 59.6 Å². The average molecular weight is 292 g/mol. The molecule has 21 heavy (non-hydrogen) atoms. The lowest BCUT2D eigenvalue weighted by Gasteiger charge is -2.23. The van der Waals surface area contributed by atoms with Crippen molar-refractivity contribution < 1.29 is 14.3 Å². The third kappa shape index (κ3) is 5.46. The molecule has 1 heterocycles. The van der Waals surface area contributed by atoms with Crippen molar-refractivity contribution in [3.05, 3.63) is 35.4 Å². The van der Waals surface area contributed by atoms with E-state index in [2.05, 4.69) is 10.6 Å². The van der Waals surface area contributed by atoms with Crippen LogP contribution in [0.5, 0.6) is 0 Å². The fourth-order valence-electron chi connectivity index (χ4n) is 2.32. The van der Waals surface area contributed by atoms with E-state index < -0.39 is 0 Å². The van der Waals surface area contributed by atoms with E-state index >= 15 is 0 Å². The Labute approximate surface area is 126 Å². The van der Waals surface area contributed by atoms with Gasteiger partial charge in [-0.2, -0.15) is 0 Å². The van der Waals surface area contributed by atoms with Gasteiger partial charge in [-0.3, -0.25) is 4.79 Å². The van der Waals surface area contributed by atoms with Crippen LogP contribution in [-0.2, 0) is 27.4 Å². The molecule has 1 atom stereocenters. The number of ether oxygens (including phenoxy) is 2. The standard InChI is InChI=1S/C16H24N2O3/c1-2-20-11-14-6-4-3-5-13(14)10-18-16(19)9-15-12-21-8-7-17-15/h3-6,15,17H,2,7-12H2,1H3,(H,18,19). The van der Waals surface area contributed by atoms with Gasteiger partial charge in [-0.25, -0.2) is 0 Å². The fraction of sp³-hybridized carbons (Fsp3) is 0.562. The first-order valence-electron chi connectivity index (χ1n) is 7.52. The van der Waals surface area contributed by atoms with Crippen molar-refractivity contribution in [2.24, 2.45) is 0 Å². The van der Waals surface area contributed by atoms with Crippen LogP contribution in [0.15, 0.2) is 24.3 Å². The molecule has 5 nitrogen and oxygen atoms in total. The third-order valence-electron chi connectivity index (χ3n) is 3.49. The highest BCUT2D eigenvalue weighted by Crippen LogP contribution is 2.10. The van der Waals surface area contributed by atoms with E-state index in [9.17, 15) is 4.79 Å². The van der Waals surface area contributed by atoms with Gasteiger partial charge >= 0.3 is 0 Å². The van der Waals surface area contributed by atoms with E-state index in [-0.39, 0.29) is 11.9 Å². The molecule has 1 unspecified atom stereocenters. The van der Waals surface area contributed by atoms with Crippen molar-refractivity contribution >= 4 is 5.91 Å². The number of carbonyl (C=O) groups is 1. The fourth-order valence-corrected chi connectivity index (χ4v) is 2.32. The summed E-state index contributed by atoms with van der Waals surface area (Å²) in [5, 5.41) is 6.25. The normalized spacial score (nSPS) is 18.4. The summed E-state index contributed by atoms with van der Waals surface area (Å²) >= 11 is 0. The molecule has 2 N–H and O–H groups in total. The van der Waals surface area contributed by atoms with Crippen LogP contribution in [0.2, 0.25) is 0 Å². The number of benzene rings is 1. The molecular formula is C16H24N2O3. The Bertz CT molecular complexity index is 445. The van der Waals surface area contributed by atoms with Gasteiger partial charge in [-0.05, 0) is 18.1 Å². The van der Waals surface area contributed by atoms with Crippen LogP contribution in [-0.4, -0.2) is 38.3 Å². The summed E-state index contributed by atoms with van der Waals surface area (Å²) in [7, 11) is 0. The van der Waals surface area contributed by atoms with E-state index in [1.54, 1.807) is 0 Å². The molecule has 1 aliphatic heterocycles. The van der Waals surface area contributed by atoms with Crippen molar-refractivity contribution in [1.29, 1.82) is 0 Å². The monoisotopic (exact) mass is 292 g/mol. The molecule has 116 valence electrons. The van der Waals surface area contributed by atoms with Crippen molar-refractivity contribution in [3.8, 4) is 0 Å². The molecule has 0 spiro atoms. The minimum Gasteiger partial charge on any atom is -0.378 e. The number of carbonyl (C=O) groups excluding carboxylic acids is 1. The average Bonchev–Trinajstić information content (AvgIpc) is 2.52. The number of hydrogen-bond acceptors (Lipinski definition) is 4. The molecular weight excluding hydrogens is 268 g/mol. The highest BCUT2D eigenvalue weighted by Gasteiger charge is 2.16. The molecule has 1 aromatic rings. The zero-order chi connectivity index (χ0) is 14.9. The summed E-state index contributed by atoms with van der Waals surface area (Å²) < 4.78 is 10.8. The maximum absolute atomic E-state index is 12.0. The zero-order valence-corrected chi connectivity index (χ0v) is 12.6. The number of morpholine rings is 1. The Morgan fingerprint density at radius 2 is 2.24 bits per heavy atom. The first-order chi connectivity index (χ1) is 10.3. The van der Waals surface area contributed by atoms with Crippen LogP contribution in [0.3, 0.4) is 0 Å². The lowest BCUT2D eigenvalue weighted by molar-refractivity contribution is -0.122. The number of amides is 1. The summed E-state index contributed by atoms with van der Waals surface area (Å²) in [6.07, 6.45) is 0.452. The molecule has 0 aliphatic carbocycles. The summed E-state index contributed by atoms with van der Waals surface area (Å²) in [5.41, 5.74) is 2.23. The second kappa shape index (κ2) is 8.77. The maximum atomic E-state index is 12.0. The summed E-state index contributed by atoms with van der Waals surface area (Å²) in [4.78, 5) is 12.0. The third-order valence-corrected chi connectivity index (χ3v) is 3.49. The lowest BCUT2D eigenvalue weighted by atomic mass is 10.1. The van der Waals surface area contributed by atoms with Gasteiger partial charge < -0.3 is 20.1 Å². The predicted molar refractivity (Wildman–Crippen MR) is 80.8 cm³/mol. The van der Waals surface area contributed by atoms with E-state index in [0.717, 1.165) is 24.3 Å². The van der Waals surface area contributed by atoms with Crippen molar-refractivity contribution in [2.45, 2.75) is 32.5 Å². The second-order valence-corrected chi connectivity index (χ2v) is 5.11. The van der Waals surface area contributed by atoms with Crippen molar-refractivity contribution in [3.63, 3.8) is 0 Å². The van der Waals surface area contributed by atoms with Crippen LogP contribution >= 0.6 is 0 Å². The SMILES string of the molecule is CCOCc1ccccc1CNC(=O)CC1COCCN1. The Morgan fingerprint density at radius 3 is 2.95 bits per heavy atom. The van der Waals surface area contributed by atoms with Crippen molar-refractivity contribution in [1.82, 2.24) is 10.6 Å².